The zero-order valence-corrected chi connectivity index (χ0v) is 18.7. The van der Waals surface area contributed by atoms with Gasteiger partial charge < -0.3 is 10.1 Å². The summed E-state index contributed by atoms with van der Waals surface area (Å²) in [7, 11) is 0. The van der Waals surface area contributed by atoms with Gasteiger partial charge in [0.25, 0.3) is 0 Å². The lowest BCUT2D eigenvalue weighted by Crippen LogP contribution is -2.18. The fourth-order valence-corrected chi connectivity index (χ4v) is 4.59. The number of para-hydroxylation sites is 1. The van der Waals surface area contributed by atoms with Gasteiger partial charge in [-0.1, -0.05) is 18.2 Å². The minimum atomic E-state index is -0.301. The Morgan fingerprint density at radius 1 is 1.09 bits per heavy atom. The third kappa shape index (κ3) is 3.58. The first-order chi connectivity index (χ1) is 16.7. The summed E-state index contributed by atoms with van der Waals surface area (Å²) in [6.45, 7) is 2.75. The van der Waals surface area contributed by atoms with E-state index in [9.17, 15) is 4.39 Å². The van der Waals surface area contributed by atoms with Crippen LogP contribution >= 0.6 is 0 Å². The molecule has 5 aromatic rings. The molecular formula is C25H24FN7O. The lowest BCUT2D eigenvalue weighted by atomic mass is 10.2. The summed E-state index contributed by atoms with van der Waals surface area (Å²) in [5, 5.41) is 3.46. The maximum Gasteiger partial charge on any atom is 0.167 e. The van der Waals surface area contributed by atoms with Gasteiger partial charge in [0.15, 0.2) is 17.0 Å². The van der Waals surface area contributed by atoms with Gasteiger partial charge in [0.05, 0.1) is 23.4 Å². The van der Waals surface area contributed by atoms with Crippen LogP contribution in [0.25, 0.3) is 27.9 Å². The van der Waals surface area contributed by atoms with Crippen LogP contribution in [-0.4, -0.2) is 35.7 Å². The van der Waals surface area contributed by atoms with Crippen molar-refractivity contribution in [3.63, 3.8) is 0 Å². The quantitative estimate of drug-likeness (QED) is 0.392. The van der Waals surface area contributed by atoms with E-state index in [0.717, 1.165) is 48.5 Å². The Morgan fingerprint density at radius 2 is 1.97 bits per heavy atom. The Labute approximate surface area is 195 Å². The standard InChI is InChI=1S/C25H24FN7O/c1-16(24-31-19-11-10-17(26)13-20(19)33(24)18-7-3-2-4-8-18)30-23-22-25(28-14-27-23)32(15-29-22)21-9-5-6-12-34-21/h2-4,7-8,10-11,13-16,21H,5-6,9,12H2,1H3,(H,27,28,30). The van der Waals surface area contributed by atoms with E-state index in [1.807, 2.05) is 46.4 Å². The molecule has 0 amide bonds. The molecule has 2 atom stereocenters. The van der Waals surface area contributed by atoms with Crippen molar-refractivity contribution in [2.24, 2.45) is 0 Å². The molecule has 3 aromatic heterocycles. The summed E-state index contributed by atoms with van der Waals surface area (Å²) >= 11 is 0. The van der Waals surface area contributed by atoms with Crippen LogP contribution in [0.2, 0.25) is 0 Å². The number of imidazole rings is 2. The Bertz CT molecular complexity index is 1460. The highest BCUT2D eigenvalue weighted by Crippen LogP contribution is 2.31. The Hall–Kier alpha value is -3.85. The molecule has 1 aliphatic rings. The van der Waals surface area contributed by atoms with Gasteiger partial charge in [-0.25, -0.2) is 24.3 Å². The highest BCUT2D eigenvalue weighted by atomic mass is 19.1. The number of aromatic nitrogens is 6. The molecule has 0 bridgehead atoms. The number of hydrogen-bond acceptors (Lipinski definition) is 6. The third-order valence-corrected chi connectivity index (χ3v) is 6.22. The average Bonchev–Trinajstić information content (AvgIpc) is 3.47. The third-order valence-electron chi connectivity index (χ3n) is 6.22. The molecule has 1 fully saturated rings. The topological polar surface area (TPSA) is 82.7 Å². The van der Waals surface area contributed by atoms with E-state index < -0.39 is 0 Å². The van der Waals surface area contributed by atoms with Gasteiger partial charge in [0.2, 0.25) is 0 Å². The largest absolute Gasteiger partial charge is 0.358 e. The van der Waals surface area contributed by atoms with E-state index in [1.54, 1.807) is 12.4 Å². The first-order valence-corrected chi connectivity index (χ1v) is 11.5. The van der Waals surface area contributed by atoms with Crippen LogP contribution in [0.15, 0.2) is 61.2 Å². The molecule has 0 spiro atoms. The number of fused-ring (bicyclic) bond motifs is 2. The summed E-state index contributed by atoms with van der Waals surface area (Å²) in [5.74, 6) is 1.06. The van der Waals surface area contributed by atoms with Crippen molar-refractivity contribution in [3.05, 3.63) is 72.8 Å². The number of rotatable bonds is 5. The lowest BCUT2D eigenvalue weighted by molar-refractivity contribution is -0.0298. The van der Waals surface area contributed by atoms with Crippen LogP contribution in [-0.2, 0) is 4.74 Å². The van der Waals surface area contributed by atoms with E-state index >= 15 is 0 Å². The monoisotopic (exact) mass is 457 g/mol. The summed E-state index contributed by atoms with van der Waals surface area (Å²) in [4.78, 5) is 18.4. The maximum absolute atomic E-state index is 14.1. The molecule has 6 rings (SSSR count). The smallest absolute Gasteiger partial charge is 0.167 e. The lowest BCUT2D eigenvalue weighted by Gasteiger charge is -2.23. The fraction of sp³-hybridized carbons (Fsp3) is 0.280. The van der Waals surface area contributed by atoms with Crippen molar-refractivity contribution in [1.29, 1.82) is 0 Å². The second kappa shape index (κ2) is 8.49. The van der Waals surface area contributed by atoms with E-state index in [1.165, 1.54) is 18.5 Å². The highest BCUT2D eigenvalue weighted by molar-refractivity contribution is 5.83. The van der Waals surface area contributed by atoms with Gasteiger partial charge in [0.1, 0.15) is 24.2 Å². The van der Waals surface area contributed by atoms with Gasteiger partial charge in [-0.15, -0.1) is 0 Å². The fourth-order valence-electron chi connectivity index (χ4n) is 4.59. The summed E-state index contributed by atoms with van der Waals surface area (Å²) in [6, 6.07) is 14.2. The molecule has 2 aromatic carbocycles. The minimum Gasteiger partial charge on any atom is -0.358 e. The molecule has 34 heavy (non-hydrogen) atoms. The van der Waals surface area contributed by atoms with Crippen molar-refractivity contribution in [1.82, 2.24) is 29.1 Å². The van der Waals surface area contributed by atoms with Gasteiger partial charge in [-0.2, -0.15) is 0 Å². The van der Waals surface area contributed by atoms with E-state index in [4.69, 9.17) is 9.72 Å². The van der Waals surface area contributed by atoms with Crippen molar-refractivity contribution >= 4 is 28.0 Å². The van der Waals surface area contributed by atoms with Crippen LogP contribution in [0.1, 0.15) is 44.3 Å². The van der Waals surface area contributed by atoms with E-state index in [2.05, 4.69) is 20.3 Å². The zero-order valence-electron chi connectivity index (χ0n) is 18.7. The number of halogens is 1. The zero-order chi connectivity index (χ0) is 23.1. The van der Waals surface area contributed by atoms with Crippen LogP contribution in [0, 0.1) is 5.82 Å². The van der Waals surface area contributed by atoms with Gasteiger partial charge in [-0.3, -0.25) is 9.13 Å². The molecule has 0 saturated carbocycles. The van der Waals surface area contributed by atoms with Crippen LogP contribution in [0.5, 0.6) is 0 Å². The van der Waals surface area contributed by atoms with Crippen LogP contribution in [0.3, 0.4) is 0 Å². The Kier molecular flexibility index (Phi) is 5.18. The van der Waals surface area contributed by atoms with Gasteiger partial charge in [0, 0.05) is 18.4 Å². The Balaban J connectivity index is 1.40. The average molecular weight is 458 g/mol. The first kappa shape index (κ1) is 20.7. The normalized spacial score (nSPS) is 17.3. The molecule has 1 N–H and O–H groups in total. The molecule has 4 heterocycles. The predicted octanol–water partition coefficient (Wildman–Crippen LogP) is 5.18. The second-order valence-corrected chi connectivity index (χ2v) is 8.51. The van der Waals surface area contributed by atoms with Gasteiger partial charge in [-0.05, 0) is 50.5 Å². The number of benzene rings is 2. The number of ether oxygens (including phenoxy) is 1. The minimum absolute atomic E-state index is 0.0592. The molecule has 1 aliphatic heterocycles. The predicted molar refractivity (Wildman–Crippen MR) is 127 cm³/mol. The molecule has 0 aliphatic carbocycles. The van der Waals surface area contributed by atoms with Crippen molar-refractivity contribution in [3.8, 4) is 5.69 Å². The molecule has 1 saturated heterocycles. The van der Waals surface area contributed by atoms with Gasteiger partial charge >= 0.3 is 0 Å². The number of nitrogens with one attached hydrogen (secondary N) is 1. The molecule has 8 nitrogen and oxygen atoms in total. The molecule has 0 radical (unpaired) electrons. The maximum atomic E-state index is 14.1. The molecule has 9 heteroatoms. The van der Waals surface area contributed by atoms with E-state index in [0.29, 0.717) is 16.9 Å². The molecule has 2 unspecified atom stereocenters. The van der Waals surface area contributed by atoms with Crippen molar-refractivity contribution in [2.75, 3.05) is 11.9 Å². The first-order valence-electron chi connectivity index (χ1n) is 11.5. The number of anilines is 1. The summed E-state index contributed by atoms with van der Waals surface area (Å²) in [6.07, 6.45) is 6.38. The molecular weight excluding hydrogens is 433 g/mol. The summed E-state index contributed by atoms with van der Waals surface area (Å²) < 4.78 is 24.0. The molecule has 172 valence electrons. The van der Waals surface area contributed by atoms with E-state index in [-0.39, 0.29) is 18.1 Å². The SMILES string of the molecule is CC(Nc1ncnc2c1ncn2C1CCCCO1)c1nc2ccc(F)cc2n1-c1ccccc1. The van der Waals surface area contributed by atoms with Crippen LogP contribution in [0.4, 0.5) is 10.2 Å². The number of nitrogens with zero attached hydrogens (tertiary/aromatic N) is 6. The van der Waals surface area contributed by atoms with Crippen LogP contribution < -0.4 is 5.32 Å². The van der Waals surface area contributed by atoms with Crippen molar-refractivity contribution < 1.29 is 9.13 Å². The highest BCUT2D eigenvalue weighted by Gasteiger charge is 2.23. The summed E-state index contributed by atoms with van der Waals surface area (Å²) in [5.41, 5.74) is 3.75. The Morgan fingerprint density at radius 3 is 2.79 bits per heavy atom. The second-order valence-electron chi connectivity index (χ2n) is 8.51. The van der Waals surface area contributed by atoms with Crippen molar-refractivity contribution in [2.45, 2.75) is 38.5 Å². The number of hydrogen-bond donors (Lipinski definition) is 1.